The van der Waals surface area contributed by atoms with Gasteiger partial charge in [0.15, 0.2) is 0 Å². The molecule has 0 spiro atoms. The number of amides is 4. The van der Waals surface area contributed by atoms with Crippen LogP contribution in [0.25, 0.3) is 22.4 Å². The highest BCUT2D eigenvalue weighted by Gasteiger charge is 2.37. The van der Waals surface area contributed by atoms with E-state index in [0.717, 1.165) is 53.6 Å². The van der Waals surface area contributed by atoms with Crippen molar-refractivity contribution in [2.45, 2.75) is 49.9 Å². The first-order valence-corrected chi connectivity index (χ1v) is 19.5. The van der Waals surface area contributed by atoms with Gasteiger partial charge >= 0.3 is 6.09 Å². The van der Waals surface area contributed by atoms with Crippen LogP contribution in [0.1, 0.15) is 71.1 Å². The number of hydrogen-bond donors (Lipinski definition) is 3. The summed E-state index contributed by atoms with van der Waals surface area (Å²) in [6, 6.07) is 33.0. The van der Waals surface area contributed by atoms with E-state index in [2.05, 4.69) is 20.6 Å². The SMILES string of the molecule is COC(=O)N[C@@H](C(=O)N1CCC[C@H]1c1ncc(-c2ccc(-c3ccc(C(=O)NC[C@@H]4CCCN4C(=O)[C@@H](c4ccccc4)N(C)C)cc3)cc2)[nH]1)c1ccccc1. The van der Waals surface area contributed by atoms with Crippen molar-refractivity contribution in [1.29, 1.82) is 0 Å². The normalized spacial score (nSPS) is 17.6. The average molecular weight is 768 g/mol. The number of hydrogen-bond acceptors (Lipinski definition) is 7. The standard InChI is InChI=1S/C45H49N7O5/c1-50(2)40(34-14-8-5-9-15-34)44(55)51-26-10-16-36(51)28-47-42(53)35-24-20-31(21-25-35)30-18-22-32(23-19-30)37-29-46-41(48-37)38-17-11-27-52(38)43(54)39(49-45(56)57-3)33-12-6-4-7-13-33/h4-9,12-15,18-25,29,36,38-40H,10-11,16-17,26-28H2,1-3H3,(H,46,48)(H,47,53)(H,49,56)/t36-,38-,39+,40+/m0/s1. The molecule has 4 amide bonds. The molecule has 2 fully saturated rings. The summed E-state index contributed by atoms with van der Waals surface area (Å²) in [7, 11) is 5.12. The van der Waals surface area contributed by atoms with Crippen LogP contribution in [0.2, 0.25) is 0 Å². The molecule has 1 aromatic heterocycles. The van der Waals surface area contributed by atoms with Gasteiger partial charge in [-0.25, -0.2) is 9.78 Å². The molecular weight excluding hydrogens is 719 g/mol. The predicted molar refractivity (Wildman–Crippen MR) is 218 cm³/mol. The fourth-order valence-electron chi connectivity index (χ4n) is 8.00. The molecule has 2 aliphatic rings. The van der Waals surface area contributed by atoms with E-state index >= 15 is 0 Å². The highest BCUT2D eigenvalue weighted by Crippen LogP contribution is 2.34. The fraction of sp³-hybridized carbons (Fsp3) is 0.311. The van der Waals surface area contributed by atoms with E-state index in [1.54, 1.807) is 11.1 Å². The summed E-state index contributed by atoms with van der Waals surface area (Å²) in [5.41, 5.74) is 5.93. The zero-order chi connectivity index (χ0) is 39.9. The zero-order valence-corrected chi connectivity index (χ0v) is 32.6. The number of imidazole rings is 1. The molecule has 0 radical (unpaired) electrons. The van der Waals surface area contributed by atoms with Gasteiger partial charge in [0.1, 0.15) is 17.9 Å². The number of rotatable bonds is 12. The van der Waals surface area contributed by atoms with Crippen LogP contribution in [-0.4, -0.2) is 95.4 Å². The maximum atomic E-state index is 13.9. The Morgan fingerprint density at radius 2 is 1.37 bits per heavy atom. The highest BCUT2D eigenvalue weighted by atomic mass is 16.5. The second-order valence-electron chi connectivity index (χ2n) is 14.8. The number of aromatic nitrogens is 2. The van der Waals surface area contributed by atoms with Crippen molar-refractivity contribution in [2.24, 2.45) is 0 Å². The van der Waals surface area contributed by atoms with E-state index in [4.69, 9.17) is 4.74 Å². The lowest BCUT2D eigenvalue weighted by atomic mass is 10.0. The molecule has 57 heavy (non-hydrogen) atoms. The predicted octanol–water partition coefficient (Wildman–Crippen LogP) is 6.53. The maximum Gasteiger partial charge on any atom is 0.407 e. The molecule has 4 aromatic carbocycles. The first-order valence-electron chi connectivity index (χ1n) is 19.5. The van der Waals surface area contributed by atoms with Gasteiger partial charge in [-0.1, -0.05) is 97.1 Å². The Morgan fingerprint density at radius 3 is 2.02 bits per heavy atom. The molecule has 12 nitrogen and oxygen atoms in total. The number of aromatic amines is 1. The smallest absolute Gasteiger partial charge is 0.407 e. The number of ether oxygens (including phenoxy) is 1. The average Bonchev–Trinajstić information content (AvgIpc) is 4.04. The van der Waals surface area contributed by atoms with Crippen LogP contribution in [0.15, 0.2) is 115 Å². The molecule has 294 valence electrons. The van der Waals surface area contributed by atoms with E-state index < -0.39 is 12.1 Å². The number of alkyl carbamates (subject to hydrolysis) is 1. The minimum absolute atomic E-state index is 0.0572. The second kappa shape index (κ2) is 17.7. The van der Waals surface area contributed by atoms with Gasteiger partial charge in [0.25, 0.3) is 11.8 Å². The van der Waals surface area contributed by atoms with Gasteiger partial charge in [-0.05, 0) is 79.7 Å². The van der Waals surface area contributed by atoms with E-state index in [-0.39, 0.29) is 35.8 Å². The molecule has 3 N–H and O–H groups in total. The Morgan fingerprint density at radius 1 is 0.772 bits per heavy atom. The second-order valence-corrected chi connectivity index (χ2v) is 14.8. The minimum Gasteiger partial charge on any atom is -0.453 e. The Hall–Kier alpha value is -6.27. The number of carbonyl (C=O) groups is 4. The molecule has 2 aliphatic heterocycles. The fourth-order valence-corrected chi connectivity index (χ4v) is 8.00. The Kier molecular flexibility index (Phi) is 12.1. The van der Waals surface area contributed by atoms with Crippen molar-refractivity contribution >= 4 is 23.8 Å². The van der Waals surface area contributed by atoms with Crippen molar-refractivity contribution in [1.82, 2.24) is 35.3 Å². The van der Waals surface area contributed by atoms with Gasteiger partial charge < -0.3 is 30.2 Å². The third-order valence-electron chi connectivity index (χ3n) is 11.0. The van der Waals surface area contributed by atoms with Crippen LogP contribution in [0.5, 0.6) is 0 Å². The molecule has 4 atom stereocenters. The number of carbonyl (C=O) groups excluding carboxylic acids is 4. The largest absolute Gasteiger partial charge is 0.453 e. The summed E-state index contributed by atoms with van der Waals surface area (Å²) >= 11 is 0. The van der Waals surface area contributed by atoms with Gasteiger partial charge in [0.05, 0.1) is 25.0 Å². The van der Waals surface area contributed by atoms with Crippen LogP contribution in [0, 0.1) is 0 Å². The molecule has 3 heterocycles. The Labute approximate surface area is 333 Å². The maximum absolute atomic E-state index is 13.9. The van der Waals surface area contributed by atoms with Gasteiger partial charge in [-0.15, -0.1) is 0 Å². The topological polar surface area (TPSA) is 140 Å². The summed E-state index contributed by atoms with van der Waals surface area (Å²) in [6.07, 6.45) is 4.42. The van der Waals surface area contributed by atoms with E-state index in [9.17, 15) is 19.2 Å². The lowest BCUT2D eigenvalue weighted by molar-refractivity contribution is -0.137. The molecule has 12 heteroatoms. The van der Waals surface area contributed by atoms with E-state index in [1.165, 1.54) is 7.11 Å². The molecular formula is C45H49N7O5. The van der Waals surface area contributed by atoms with Crippen LogP contribution in [-0.2, 0) is 14.3 Å². The number of nitrogens with one attached hydrogen (secondary N) is 3. The zero-order valence-electron chi connectivity index (χ0n) is 32.6. The van der Waals surface area contributed by atoms with Gasteiger partial charge in [0, 0.05) is 31.2 Å². The number of H-pyrrole nitrogens is 1. The lowest BCUT2D eigenvalue weighted by Crippen LogP contribution is -2.47. The molecule has 2 saturated heterocycles. The first-order chi connectivity index (χ1) is 27.7. The monoisotopic (exact) mass is 767 g/mol. The van der Waals surface area contributed by atoms with Gasteiger partial charge in [-0.2, -0.15) is 0 Å². The van der Waals surface area contributed by atoms with Gasteiger partial charge in [-0.3, -0.25) is 19.3 Å². The molecule has 7 rings (SSSR count). The Balaban J connectivity index is 0.963. The van der Waals surface area contributed by atoms with E-state index in [1.807, 2.05) is 133 Å². The van der Waals surface area contributed by atoms with Crippen LogP contribution in [0.4, 0.5) is 4.79 Å². The van der Waals surface area contributed by atoms with Gasteiger partial charge in [0.2, 0.25) is 5.91 Å². The van der Waals surface area contributed by atoms with Crippen molar-refractivity contribution in [3.05, 3.63) is 138 Å². The third-order valence-corrected chi connectivity index (χ3v) is 11.0. The molecule has 5 aromatic rings. The van der Waals surface area contributed by atoms with Crippen molar-refractivity contribution in [3.63, 3.8) is 0 Å². The van der Waals surface area contributed by atoms with Crippen molar-refractivity contribution in [3.8, 4) is 22.4 Å². The van der Waals surface area contributed by atoms with Crippen molar-refractivity contribution < 1.29 is 23.9 Å². The molecule has 0 unspecified atom stereocenters. The summed E-state index contributed by atoms with van der Waals surface area (Å²) in [5.74, 6) is 0.360. The minimum atomic E-state index is -0.883. The number of methoxy groups -OCH3 is 1. The first kappa shape index (κ1) is 39.0. The lowest BCUT2D eigenvalue weighted by Gasteiger charge is -2.32. The summed E-state index contributed by atoms with van der Waals surface area (Å²) in [5, 5.41) is 5.78. The number of likely N-dealkylation sites (tertiary alicyclic amines) is 2. The molecule has 0 bridgehead atoms. The van der Waals surface area contributed by atoms with Crippen LogP contribution >= 0.6 is 0 Å². The quantitative estimate of drug-likeness (QED) is 0.131. The van der Waals surface area contributed by atoms with Crippen LogP contribution in [0.3, 0.4) is 0 Å². The molecule has 0 saturated carbocycles. The summed E-state index contributed by atoms with van der Waals surface area (Å²) in [4.78, 5) is 66.8. The third kappa shape index (κ3) is 8.76. The highest BCUT2D eigenvalue weighted by molar-refractivity contribution is 5.95. The number of likely N-dealkylation sites (N-methyl/N-ethyl adjacent to an activating group) is 1. The Bertz CT molecular complexity index is 2160. The summed E-state index contributed by atoms with van der Waals surface area (Å²) < 4.78 is 4.82. The number of benzene rings is 4. The number of nitrogens with zero attached hydrogens (tertiary/aromatic N) is 4. The van der Waals surface area contributed by atoms with Crippen molar-refractivity contribution in [2.75, 3.05) is 40.8 Å². The summed E-state index contributed by atoms with van der Waals surface area (Å²) in [6.45, 7) is 1.63. The van der Waals surface area contributed by atoms with Crippen LogP contribution < -0.4 is 10.6 Å². The van der Waals surface area contributed by atoms with E-state index in [0.29, 0.717) is 36.6 Å². The molecule has 0 aliphatic carbocycles.